The fourth-order valence-corrected chi connectivity index (χ4v) is 8.42. The zero-order valence-corrected chi connectivity index (χ0v) is 34.0. The van der Waals surface area contributed by atoms with E-state index in [4.69, 9.17) is 19.4 Å². The minimum absolute atomic E-state index is 0.532. The Morgan fingerprint density at radius 3 is 1.41 bits per heavy atom. The monoisotopic (exact) mass is 804 g/mol. The number of nitriles is 1. The molecule has 0 bridgehead atoms. The van der Waals surface area contributed by atoms with Crippen molar-refractivity contribution < 1.29 is 4.42 Å². The van der Waals surface area contributed by atoms with Gasteiger partial charge in [0.2, 0.25) is 0 Å². The predicted molar refractivity (Wildman–Crippen MR) is 255 cm³/mol. The Morgan fingerprint density at radius 1 is 0.317 bits per heavy atom. The number of aromatic nitrogens is 3. The van der Waals surface area contributed by atoms with E-state index in [2.05, 4.69) is 140 Å². The molecule has 294 valence electrons. The maximum atomic E-state index is 9.78. The van der Waals surface area contributed by atoms with E-state index in [-0.39, 0.29) is 0 Å². The maximum absolute atomic E-state index is 9.78. The molecule has 0 atom stereocenters. The summed E-state index contributed by atoms with van der Waals surface area (Å²) in [6.07, 6.45) is 0. The number of furan rings is 1. The van der Waals surface area contributed by atoms with Gasteiger partial charge in [-0.3, -0.25) is 0 Å². The first-order chi connectivity index (χ1) is 31.1. The molecule has 0 amide bonds. The van der Waals surface area contributed by atoms with Crippen molar-refractivity contribution in [1.82, 2.24) is 15.0 Å². The molecule has 0 aliphatic carbocycles. The van der Waals surface area contributed by atoms with Crippen molar-refractivity contribution in [2.45, 2.75) is 0 Å². The number of nitrogens with zero attached hydrogens (tertiary/aromatic N) is 4. The number of fused-ring (bicyclic) bond motifs is 3. The van der Waals surface area contributed by atoms with Gasteiger partial charge in [0.15, 0.2) is 17.5 Å². The third kappa shape index (κ3) is 7.22. The average Bonchev–Trinajstić information content (AvgIpc) is 3.75. The zero-order chi connectivity index (χ0) is 42.1. The van der Waals surface area contributed by atoms with Crippen LogP contribution in [0.2, 0.25) is 0 Å². The van der Waals surface area contributed by atoms with Crippen LogP contribution in [0.25, 0.3) is 112 Å². The Kier molecular flexibility index (Phi) is 9.50. The van der Waals surface area contributed by atoms with E-state index in [1.807, 2.05) is 84.9 Å². The lowest BCUT2D eigenvalue weighted by atomic mass is 9.96. The Balaban J connectivity index is 1.01. The third-order valence-electron chi connectivity index (χ3n) is 11.6. The smallest absolute Gasteiger partial charge is 0.164 e. The summed E-state index contributed by atoms with van der Waals surface area (Å²) >= 11 is 0. The van der Waals surface area contributed by atoms with Crippen LogP contribution in [0, 0.1) is 11.3 Å². The molecule has 63 heavy (non-hydrogen) atoms. The lowest BCUT2D eigenvalue weighted by Gasteiger charge is -2.11. The van der Waals surface area contributed by atoms with Gasteiger partial charge >= 0.3 is 0 Å². The molecule has 9 aromatic carbocycles. The molecule has 0 unspecified atom stereocenters. The van der Waals surface area contributed by atoms with Crippen molar-refractivity contribution in [3.8, 4) is 95.9 Å². The molecule has 0 radical (unpaired) electrons. The SMILES string of the molecule is N#Cc1ccccc1-c1ccc(-c2nc(-c3cccc(-c4cccc(-c5ccccc5)c4)c3)nc(-c3ccc4c(c3)oc3cccc(-c5ccc(-c6ccccc6)cc5)c34)n2)cc1. The van der Waals surface area contributed by atoms with Gasteiger partial charge in [0, 0.05) is 27.5 Å². The van der Waals surface area contributed by atoms with Crippen molar-refractivity contribution in [3.05, 3.63) is 224 Å². The molecule has 5 nitrogen and oxygen atoms in total. The van der Waals surface area contributed by atoms with E-state index < -0.39 is 0 Å². The highest BCUT2D eigenvalue weighted by atomic mass is 16.3. The number of rotatable bonds is 8. The molecule has 0 aliphatic heterocycles. The second kappa shape index (κ2) is 16.0. The number of hydrogen-bond donors (Lipinski definition) is 0. The molecular weight excluding hydrogens is 769 g/mol. The summed E-state index contributed by atoms with van der Waals surface area (Å²) in [6.45, 7) is 0. The molecule has 2 heterocycles. The van der Waals surface area contributed by atoms with E-state index in [1.165, 1.54) is 16.7 Å². The van der Waals surface area contributed by atoms with Crippen LogP contribution >= 0.6 is 0 Å². The minimum atomic E-state index is 0.532. The van der Waals surface area contributed by atoms with Crippen LogP contribution in [0.1, 0.15) is 5.56 Å². The van der Waals surface area contributed by atoms with Crippen molar-refractivity contribution in [2.24, 2.45) is 0 Å². The van der Waals surface area contributed by atoms with Crippen LogP contribution in [-0.2, 0) is 0 Å². The fraction of sp³-hybridized carbons (Fsp3) is 0. The molecule has 2 aromatic heterocycles. The molecule has 0 fully saturated rings. The van der Waals surface area contributed by atoms with Gasteiger partial charge in [-0.15, -0.1) is 0 Å². The summed E-state index contributed by atoms with van der Waals surface area (Å²) in [5.41, 5.74) is 15.6. The summed E-state index contributed by atoms with van der Waals surface area (Å²) in [5, 5.41) is 11.9. The minimum Gasteiger partial charge on any atom is -0.456 e. The third-order valence-corrected chi connectivity index (χ3v) is 11.6. The van der Waals surface area contributed by atoms with Crippen LogP contribution < -0.4 is 0 Å². The first-order valence-electron chi connectivity index (χ1n) is 20.9. The molecule has 0 N–H and O–H groups in total. The van der Waals surface area contributed by atoms with Crippen molar-refractivity contribution in [1.29, 1.82) is 5.26 Å². The van der Waals surface area contributed by atoms with Gasteiger partial charge < -0.3 is 4.42 Å². The van der Waals surface area contributed by atoms with Gasteiger partial charge in [0.1, 0.15) is 11.2 Å². The van der Waals surface area contributed by atoms with Gasteiger partial charge in [-0.05, 0) is 92.0 Å². The Morgan fingerprint density at radius 2 is 0.746 bits per heavy atom. The van der Waals surface area contributed by atoms with Crippen LogP contribution in [-0.4, -0.2) is 15.0 Å². The van der Waals surface area contributed by atoms with Crippen molar-refractivity contribution in [3.63, 3.8) is 0 Å². The van der Waals surface area contributed by atoms with E-state index in [9.17, 15) is 5.26 Å². The molecule has 0 aliphatic rings. The number of hydrogen-bond acceptors (Lipinski definition) is 5. The van der Waals surface area contributed by atoms with Crippen molar-refractivity contribution >= 4 is 21.9 Å². The normalized spacial score (nSPS) is 11.2. The molecule has 0 saturated carbocycles. The first-order valence-corrected chi connectivity index (χ1v) is 20.9. The average molecular weight is 805 g/mol. The van der Waals surface area contributed by atoms with Crippen LogP contribution in [0.15, 0.2) is 223 Å². The lowest BCUT2D eigenvalue weighted by Crippen LogP contribution is -2.00. The van der Waals surface area contributed by atoms with E-state index >= 15 is 0 Å². The standard InChI is InChI=1S/C58H36N4O/c59-37-49-16-7-8-21-50(49)41-28-30-43(31-29-41)56-60-57(47-20-10-19-46(35-47)45-18-9-17-44(34-45)39-14-5-2-6-15-39)62-58(61-56)48-32-33-52-54(36-48)63-53-23-11-22-51(55(52)53)42-26-24-40(25-27-42)38-12-3-1-4-13-38/h1-36H. The van der Waals surface area contributed by atoms with Crippen LogP contribution in [0.5, 0.6) is 0 Å². The van der Waals surface area contributed by atoms with Gasteiger partial charge in [0.25, 0.3) is 0 Å². The second-order valence-electron chi connectivity index (χ2n) is 15.5. The van der Waals surface area contributed by atoms with Gasteiger partial charge in [-0.1, -0.05) is 182 Å². The van der Waals surface area contributed by atoms with Gasteiger partial charge in [0.05, 0.1) is 11.6 Å². The highest BCUT2D eigenvalue weighted by molar-refractivity contribution is 6.13. The zero-order valence-electron chi connectivity index (χ0n) is 34.0. The van der Waals surface area contributed by atoms with Gasteiger partial charge in [-0.2, -0.15) is 5.26 Å². The van der Waals surface area contributed by atoms with Crippen molar-refractivity contribution in [2.75, 3.05) is 0 Å². The van der Waals surface area contributed by atoms with E-state index in [0.29, 0.717) is 23.0 Å². The summed E-state index contributed by atoms with van der Waals surface area (Å²) in [5.74, 6) is 1.63. The topological polar surface area (TPSA) is 75.6 Å². The first kappa shape index (κ1) is 37.3. The molecular formula is C58H36N4O. The summed E-state index contributed by atoms with van der Waals surface area (Å²) < 4.78 is 6.59. The quantitative estimate of drug-likeness (QED) is 0.153. The Hall–Kier alpha value is -8.72. The Bertz CT molecular complexity index is 3500. The molecule has 11 aromatic rings. The van der Waals surface area contributed by atoms with Gasteiger partial charge in [-0.25, -0.2) is 15.0 Å². The predicted octanol–water partition coefficient (Wildman–Crippen LogP) is 15.0. The lowest BCUT2D eigenvalue weighted by molar-refractivity contribution is 0.669. The second-order valence-corrected chi connectivity index (χ2v) is 15.5. The highest BCUT2D eigenvalue weighted by Crippen LogP contribution is 2.39. The molecule has 0 spiro atoms. The largest absolute Gasteiger partial charge is 0.456 e. The molecule has 11 rings (SSSR count). The molecule has 0 saturated heterocycles. The van der Waals surface area contributed by atoms with E-state index in [0.717, 1.165) is 77.6 Å². The number of benzene rings is 9. The van der Waals surface area contributed by atoms with Crippen LogP contribution in [0.3, 0.4) is 0 Å². The summed E-state index contributed by atoms with van der Waals surface area (Å²) in [6, 6.07) is 77.0. The maximum Gasteiger partial charge on any atom is 0.164 e. The van der Waals surface area contributed by atoms with E-state index in [1.54, 1.807) is 0 Å². The highest BCUT2D eigenvalue weighted by Gasteiger charge is 2.18. The molecule has 5 heteroatoms. The van der Waals surface area contributed by atoms with Crippen LogP contribution in [0.4, 0.5) is 0 Å². The summed E-state index contributed by atoms with van der Waals surface area (Å²) in [7, 11) is 0. The summed E-state index contributed by atoms with van der Waals surface area (Å²) in [4.78, 5) is 15.4. The Labute approximate surface area is 364 Å². The fourth-order valence-electron chi connectivity index (χ4n) is 8.42.